The van der Waals surface area contributed by atoms with Gasteiger partial charge >= 0.3 is 0 Å². The van der Waals surface area contributed by atoms with Crippen molar-refractivity contribution in [1.82, 2.24) is 0 Å². The number of benzene rings is 2. The molecule has 0 spiro atoms. The zero-order chi connectivity index (χ0) is 15.5. The number of hydrogen-bond donors (Lipinski definition) is 1. The molecule has 3 rings (SSSR count). The lowest BCUT2D eigenvalue weighted by Gasteiger charge is -2.03. The van der Waals surface area contributed by atoms with Crippen LogP contribution in [0.25, 0.3) is 6.08 Å². The van der Waals surface area contributed by atoms with Gasteiger partial charge in [-0.1, -0.05) is 12.1 Å². The molecule has 0 unspecified atom stereocenters. The van der Waals surface area contributed by atoms with E-state index in [0.29, 0.717) is 22.7 Å². The van der Waals surface area contributed by atoms with Crippen molar-refractivity contribution in [2.45, 2.75) is 6.92 Å². The summed E-state index contributed by atoms with van der Waals surface area (Å²) in [6, 6.07) is 9.97. The van der Waals surface area contributed by atoms with Gasteiger partial charge in [0.05, 0.1) is 0 Å². The molecule has 1 aliphatic rings. The molecule has 0 aromatic heterocycles. The minimum Gasteiger partial charge on any atom is -0.454 e. The molecule has 112 valence electrons. The highest BCUT2D eigenvalue weighted by Gasteiger charge is 2.12. The standard InChI is InChI=1S/C17H14FNO3/c1-11-2-5-13(9-14(11)18)19-17(20)7-4-12-3-6-15-16(8-12)22-10-21-15/h2-9H,10H2,1H3,(H,19,20)/b7-4+. The third kappa shape index (κ3) is 3.09. The van der Waals surface area contributed by atoms with Crippen molar-refractivity contribution in [1.29, 1.82) is 0 Å². The van der Waals surface area contributed by atoms with Gasteiger partial charge in [0.15, 0.2) is 11.5 Å². The summed E-state index contributed by atoms with van der Waals surface area (Å²) in [5.74, 6) is 0.665. The van der Waals surface area contributed by atoms with Gasteiger partial charge in [-0.15, -0.1) is 0 Å². The second-order valence-corrected chi connectivity index (χ2v) is 4.90. The number of aryl methyl sites for hydroxylation is 1. The average molecular weight is 299 g/mol. The van der Waals surface area contributed by atoms with E-state index in [-0.39, 0.29) is 18.5 Å². The Bertz CT molecular complexity index is 756. The molecule has 0 fully saturated rings. The van der Waals surface area contributed by atoms with E-state index in [1.54, 1.807) is 37.3 Å². The first-order chi connectivity index (χ1) is 10.6. The predicted octanol–water partition coefficient (Wildman–Crippen LogP) is 3.51. The summed E-state index contributed by atoms with van der Waals surface area (Å²) in [4.78, 5) is 11.8. The Morgan fingerprint density at radius 1 is 1.18 bits per heavy atom. The van der Waals surface area contributed by atoms with Gasteiger partial charge in [0.2, 0.25) is 12.7 Å². The fraction of sp³-hybridized carbons (Fsp3) is 0.118. The summed E-state index contributed by atoms with van der Waals surface area (Å²) < 4.78 is 23.9. The molecule has 5 heteroatoms. The molecule has 0 aliphatic carbocycles. The summed E-state index contributed by atoms with van der Waals surface area (Å²) in [7, 11) is 0. The summed E-state index contributed by atoms with van der Waals surface area (Å²) in [6.45, 7) is 1.88. The Hall–Kier alpha value is -2.82. The van der Waals surface area contributed by atoms with Crippen LogP contribution < -0.4 is 14.8 Å². The van der Waals surface area contributed by atoms with Gasteiger partial charge in [-0.3, -0.25) is 4.79 Å². The number of amides is 1. The second-order valence-electron chi connectivity index (χ2n) is 4.90. The highest BCUT2D eigenvalue weighted by Crippen LogP contribution is 2.32. The van der Waals surface area contributed by atoms with Crippen molar-refractivity contribution in [3.8, 4) is 11.5 Å². The predicted molar refractivity (Wildman–Crippen MR) is 81.4 cm³/mol. The molecule has 4 nitrogen and oxygen atoms in total. The van der Waals surface area contributed by atoms with Crippen molar-refractivity contribution in [2.75, 3.05) is 12.1 Å². The van der Waals surface area contributed by atoms with Gasteiger partial charge in [-0.2, -0.15) is 0 Å². The molecular weight excluding hydrogens is 285 g/mol. The SMILES string of the molecule is Cc1ccc(NC(=O)/C=C/c2ccc3c(c2)OCO3)cc1F. The summed E-state index contributed by atoms with van der Waals surface area (Å²) >= 11 is 0. The number of fused-ring (bicyclic) bond motifs is 1. The van der Waals surface area contributed by atoms with E-state index >= 15 is 0 Å². The smallest absolute Gasteiger partial charge is 0.248 e. The minimum absolute atomic E-state index is 0.210. The lowest BCUT2D eigenvalue weighted by atomic mass is 10.2. The molecule has 2 aromatic rings. The number of rotatable bonds is 3. The zero-order valence-corrected chi connectivity index (χ0v) is 11.9. The van der Waals surface area contributed by atoms with Gasteiger partial charge in [0.1, 0.15) is 5.82 Å². The zero-order valence-electron chi connectivity index (χ0n) is 11.9. The molecule has 0 radical (unpaired) electrons. The highest BCUT2D eigenvalue weighted by atomic mass is 19.1. The number of carbonyl (C=O) groups excluding carboxylic acids is 1. The van der Waals surface area contributed by atoms with Crippen LogP contribution in [0, 0.1) is 12.7 Å². The molecule has 1 aliphatic heterocycles. The van der Waals surface area contributed by atoms with Crippen LogP contribution in [0.2, 0.25) is 0 Å². The number of hydrogen-bond acceptors (Lipinski definition) is 3. The van der Waals surface area contributed by atoms with Crippen LogP contribution >= 0.6 is 0 Å². The Labute approximate surface area is 127 Å². The molecule has 22 heavy (non-hydrogen) atoms. The molecule has 2 aromatic carbocycles. The van der Waals surface area contributed by atoms with Crippen LogP contribution in [0.1, 0.15) is 11.1 Å². The Balaban J connectivity index is 1.67. The third-order valence-corrected chi connectivity index (χ3v) is 3.26. The van der Waals surface area contributed by atoms with E-state index in [4.69, 9.17) is 9.47 Å². The first-order valence-corrected chi connectivity index (χ1v) is 6.77. The van der Waals surface area contributed by atoms with Gasteiger partial charge in [-0.25, -0.2) is 4.39 Å². The van der Waals surface area contributed by atoms with Crippen molar-refractivity contribution < 1.29 is 18.7 Å². The van der Waals surface area contributed by atoms with Gasteiger partial charge in [0, 0.05) is 11.8 Å². The Kier molecular flexibility index (Phi) is 3.78. The van der Waals surface area contributed by atoms with E-state index in [1.807, 2.05) is 6.07 Å². The fourth-order valence-corrected chi connectivity index (χ4v) is 2.04. The fourth-order valence-electron chi connectivity index (χ4n) is 2.04. The Morgan fingerprint density at radius 3 is 2.82 bits per heavy atom. The number of carbonyl (C=O) groups is 1. The molecule has 0 atom stereocenters. The van der Waals surface area contributed by atoms with Gasteiger partial charge in [0.25, 0.3) is 0 Å². The maximum atomic E-state index is 13.4. The molecule has 1 heterocycles. The lowest BCUT2D eigenvalue weighted by Crippen LogP contribution is -2.08. The quantitative estimate of drug-likeness (QED) is 0.882. The van der Waals surface area contributed by atoms with Crippen LogP contribution in [0.4, 0.5) is 10.1 Å². The molecule has 1 amide bonds. The van der Waals surface area contributed by atoms with E-state index in [1.165, 1.54) is 12.1 Å². The monoisotopic (exact) mass is 299 g/mol. The topological polar surface area (TPSA) is 47.6 Å². The lowest BCUT2D eigenvalue weighted by molar-refractivity contribution is -0.111. The van der Waals surface area contributed by atoms with Crippen molar-refractivity contribution in [3.05, 3.63) is 59.4 Å². The average Bonchev–Trinajstić information content (AvgIpc) is 2.96. The third-order valence-electron chi connectivity index (χ3n) is 3.26. The van der Waals surface area contributed by atoms with Crippen LogP contribution in [-0.4, -0.2) is 12.7 Å². The number of nitrogens with one attached hydrogen (secondary N) is 1. The van der Waals surface area contributed by atoms with Crippen LogP contribution in [0.3, 0.4) is 0 Å². The van der Waals surface area contributed by atoms with E-state index in [2.05, 4.69) is 5.32 Å². The summed E-state index contributed by atoms with van der Waals surface area (Å²) in [6.07, 6.45) is 3.04. The van der Waals surface area contributed by atoms with Gasteiger partial charge in [-0.05, 0) is 48.4 Å². The first-order valence-electron chi connectivity index (χ1n) is 6.77. The largest absolute Gasteiger partial charge is 0.454 e. The van der Waals surface area contributed by atoms with Crippen LogP contribution in [0.5, 0.6) is 11.5 Å². The maximum absolute atomic E-state index is 13.4. The van der Waals surface area contributed by atoms with Crippen molar-refractivity contribution in [2.24, 2.45) is 0 Å². The molecule has 1 N–H and O–H groups in total. The van der Waals surface area contributed by atoms with Crippen LogP contribution in [-0.2, 0) is 4.79 Å². The molecular formula is C17H14FNO3. The summed E-state index contributed by atoms with van der Waals surface area (Å²) in [5, 5.41) is 2.61. The normalized spacial score (nSPS) is 12.6. The number of halogens is 1. The number of ether oxygens (including phenoxy) is 2. The minimum atomic E-state index is -0.349. The Morgan fingerprint density at radius 2 is 2.00 bits per heavy atom. The van der Waals surface area contributed by atoms with Crippen molar-refractivity contribution in [3.63, 3.8) is 0 Å². The molecule has 0 saturated heterocycles. The second kappa shape index (κ2) is 5.89. The van der Waals surface area contributed by atoms with E-state index in [0.717, 1.165) is 5.56 Å². The van der Waals surface area contributed by atoms with E-state index < -0.39 is 0 Å². The molecule has 0 saturated carbocycles. The van der Waals surface area contributed by atoms with Crippen LogP contribution in [0.15, 0.2) is 42.5 Å². The highest BCUT2D eigenvalue weighted by molar-refractivity contribution is 6.01. The van der Waals surface area contributed by atoms with Crippen molar-refractivity contribution >= 4 is 17.7 Å². The molecule has 0 bridgehead atoms. The number of anilines is 1. The van der Waals surface area contributed by atoms with Gasteiger partial charge < -0.3 is 14.8 Å². The first kappa shape index (κ1) is 14.1. The summed E-state index contributed by atoms with van der Waals surface area (Å²) in [5.41, 5.74) is 1.77. The van der Waals surface area contributed by atoms with E-state index in [9.17, 15) is 9.18 Å². The maximum Gasteiger partial charge on any atom is 0.248 e.